The summed E-state index contributed by atoms with van der Waals surface area (Å²) in [6, 6.07) is 13.4. The lowest BCUT2D eigenvalue weighted by Crippen LogP contribution is -2.06. The molecule has 0 unspecified atom stereocenters. The zero-order valence-electron chi connectivity index (χ0n) is 18.9. The summed E-state index contributed by atoms with van der Waals surface area (Å²) in [5.74, 6) is 1.61. The Morgan fingerprint density at radius 1 is 0.700 bits per heavy atom. The number of benzene rings is 2. The van der Waals surface area contributed by atoms with E-state index in [0.717, 1.165) is 22.7 Å². The van der Waals surface area contributed by atoms with Gasteiger partial charge in [-0.2, -0.15) is 0 Å². The van der Waals surface area contributed by atoms with Crippen LogP contribution in [-0.4, -0.2) is 5.11 Å². The maximum atomic E-state index is 9.06. The molecule has 0 aliphatic heterocycles. The molecule has 0 amide bonds. The SMILES string of the molecule is Cc1cc(CBr)ccc1C1CCCCC1.Cc1cc(CO)ccc1C1CCCCC1. The minimum atomic E-state index is 0.159. The molecule has 2 heteroatoms. The Labute approximate surface area is 192 Å². The first-order valence-electron chi connectivity index (χ1n) is 12.0. The Hall–Kier alpha value is -1.12. The second-order valence-electron chi connectivity index (χ2n) is 9.34. The zero-order chi connectivity index (χ0) is 21.3. The smallest absolute Gasteiger partial charge is 0.0681 e. The van der Waals surface area contributed by atoms with Gasteiger partial charge in [-0.3, -0.25) is 0 Å². The van der Waals surface area contributed by atoms with Crippen molar-refractivity contribution in [3.05, 3.63) is 69.8 Å². The summed E-state index contributed by atoms with van der Waals surface area (Å²) >= 11 is 3.51. The monoisotopic (exact) mass is 470 g/mol. The topological polar surface area (TPSA) is 20.2 Å². The first-order chi connectivity index (χ1) is 14.6. The number of halogens is 1. The van der Waals surface area contributed by atoms with Crippen LogP contribution in [0.3, 0.4) is 0 Å². The van der Waals surface area contributed by atoms with E-state index < -0.39 is 0 Å². The lowest BCUT2D eigenvalue weighted by molar-refractivity contribution is 0.281. The molecule has 2 aliphatic carbocycles. The van der Waals surface area contributed by atoms with Gasteiger partial charge in [0.1, 0.15) is 0 Å². The number of aryl methyl sites for hydroxylation is 2. The third-order valence-corrected chi connectivity index (χ3v) is 7.74. The number of hydrogen-bond donors (Lipinski definition) is 1. The van der Waals surface area contributed by atoms with Crippen LogP contribution >= 0.6 is 15.9 Å². The van der Waals surface area contributed by atoms with Gasteiger partial charge in [0.05, 0.1) is 6.61 Å². The molecule has 1 N–H and O–H groups in total. The fraction of sp³-hybridized carbons (Fsp3) is 0.571. The largest absolute Gasteiger partial charge is 0.392 e. The molecule has 0 radical (unpaired) electrons. The lowest BCUT2D eigenvalue weighted by Gasteiger charge is -2.23. The van der Waals surface area contributed by atoms with Crippen molar-refractivity contribution in [2.45, 2.75) is 102 Å². The van der Waals surface area contributed by atoms with E-state index in [1.165, 1.54) is 86.5 Å². The number of aliphatic hydroxyl groups excluding tert-OH is 1. The van der Waals surface area contributed by atoms with Crippen molar-refractivity contribution in [3.8, 4) is 0 Å². The molecule has 0 saturated heterocycles. The molecule has 164 valence electrons. The van der Waals surface area contributed by atoms with Gasteiger partial charge >= 0.3 is 0 Å². The molecular weight excluding hydrogens is 432 g/mol. The molecule has 2 aromatic rings. The maximum Gasteiger partial charge on any atom is 0.0681 e. The first kappa shape index (κ1) is 23.5. The highest BCUT2D eigenvalue weighted by atomic mass is 79.9. The van der Waals surface area contributed by atoms with E-state index in [2.05, 4.69) is 66.2 Å². The lowest BCUT2D eigenvalue weighted by atomic mass is 9.82. The second-order valence-corrected chi connectivity index (χ2v) is 9.90. The summed E-state index contributed by atoms with van der Waals surface area (Å²) in [5.41, 5.74) is 8.37. The minimum Gasteiger partial charge on any atom is -0.392 e. The summed E-state index contributed by atoms with van der Waals surface area (Å²) < 4.78 is 0. The molecule has 0 aromatic heterocycles. The fourth-order valence-corrected chi connectivity index (χ4v) is 5.75. The van der Waals surface area contributed by atoms with Gasteiger partial charge in [-0.1, -0.05) is 90.9 Å². The molecule has 30 heavy (non-hydrogen) atoms. The van der Waals surface area contributed by atoms with Crippen molar-refractivity contribution < 1.29 is 5.11 Å². The standard InChI is InChI=1S/C14H19Br.C14H20O/c2*1-11-9-12(10-15)7-8-14(11)13-5-3-2-4-6-13/h7-9,13H,2-6,10H2,1H3;7-9,13,15H,2-6,10H2,1H3. The third-order valence-electron chi connectivity index (χ3n) is 7.10. The molecule has 0 atom stereocenters. The van der Waals surface area contributed by atoms with Crippen molar-refractivity contribution in [2.75, 3.05) is 0 Å². The number of rotatable bonds is 4. The summed E-state index contributed by atoms with van der Waals surface area (Å²) in [4.78, 5) is 0. The van der Waals surface area contributed by atoms with Crippen LogP contribution in [0, 0.1) is 13.8 Å². The first-order valence-corrected chi connectivity index (χ1v) is 13.1. The number of alkyl halides is 1. The van der Waals surface area contributed by atoms with E-state index in [-0.39, 0.29) is 6.61 Å². The Balaban J connectivity index is 0.000000171. The predicted molar refractivity (Wildman–Crippen MR) is 133 cm³/mol. The van der Waals surface area contributed by atoms with Gasteiger partial charge in [-0.25, -0.2) is 0 Å². The number of hydrogen-bond acceptors (Lipinski definition) is 1. The molecule has 4 rings (SSSR count). The van der Waals surface area contributed by atoms with Crippen molar-refractivity contribution in [1.29, 1.82) is 0 Å². The van der Waals surface area contributed by atoms with Gasteiger partial charge in [0.15, 0.2) is 0 Å². The van der Waals surface area contributed by atoms with E-state index in [9.17, 15) is 0 Å². The van der Waals surface area contributed by atoms with E-state index in [4.69, 9.17) is 5.11 Å². The molecule has 0 heterocycles. The summed E-state index contributed by atoms with van der Waals surface area (Å²) in [5, 5.41) is 10.0. The zero-order valence-corrected chi connectivity index (χ0v) is 20.5. The van der Waals surface area contributed by atoms with Gasteiger partial charge in [0.25, 0.3) is 0 Å². The van der Waals surface area contributed by atoms with E-state index >= 15 is 0 Å². The van der Waals surface area contributed by atoms with Gasteiger partial charge in [0.2, 0.25) is 0 Å². The molecule has 1 nitrogen and oxygen atoms in total. The van der Waals surface area contributed by atoms with Crippen LogP contribution in [0.2, 0.25) is 0 Å². The molecule has 2 fully saturated rings. The van der Waals surface area contributed by atoms with E-state index in [1.54, 1.807) is 5.56 Å². The second kappa shape index (κ2) is 12.1. The highest BCUT2D eigenvalue weighted by Crippen LogP contribution is 2.35. The Bertz CT molecular complexity index is 718. The van der Waals surface area contributed by atoms with Crippen molar-refractivity contribution in [3.63, 3.8) is 0 Å². The highest BCUT2D eigenvalue weighted by molar-refractivity contribution is 9.08. The van der Waals surface area contributed by atoms with E-state index in [0.29, 0.717) is 0 Å². The van der Waals surface area contributed by atoms with Gasteiger partial charge < -0.3 is 5.11 Å². The van der Waals surface area contributed by atoms with Crippen LogP contribution in [0.5, 0.6) is 0 Å². The number of aliphatic hydroxyl groups is 1. The highest BCUT2D eigenvalue weighted by Gasteiger charge is 2.18. The van der Waals surface area contributed by atoms with Crippen LogP contribution in [0.25, 0.3) is 0 Å². The molecule has 2 aliphatic rings. The molecule has 2 aromatic carbocycles. The summed E-state index contributed by atoms with van der Waals surface area (Å²) in [7, 11) is 0. The van der Waals surface area contributed by atoms with Crippen LogP contribution in [-0.2, 0) is 11.9 Å². The van der Waals surface area contributed by atoms with Crippen molar-refractivity contribution in [2.24, 2.45) is 0 Å². The van der Waals surface area contributed by atoms with Gasteiger partial charge in [-0.15, -0.1) is 0 Å². The van der Waals surface area contributed by atoms with E-state index in [1.807, 2.05) is 0 Å². The molecule has 0 spiro atoms. The summed E-state index contributed by atoms with van der Waals surface area (Å²) in [6.45, 7) is 4.59. The fourth-order valence-electron chi connectivity index (χ4n) is 5.40. The Morgan fingerprint density at radius 2 is 1.13 bits per heavy atom. The van der Waals surface area contributed by atoms with Crippen molar-refractivity contribution >= 4 is 15.9 Å². The van der Waals surface area contributed by atoms with Gasteiger partial charge in [0, 0.05) is 5.33 Å². The Kier molecular flexibility index (Phi) is 9.46. The maximum absolute atomic E-state index is 9.06. The normalized spacial score (nSPS) is 18.0. The molecule has 2 saturated carbocycles. The predicted octanol–water partition coefficient (Wildman–Crippen LogP) is 8.47. The van der Waals surface area contributed by atoms with Crippen LogP contribution in [0.1, 0.15) is 109 Å². The van der Waals surface area contributed by atoms with Crippen LogP contribution < -0.4 is 0 Å². The summed E-state index contributed by atoms with van der Waals surface area (Å²) in [6.07, 6.45) is 13.9. The van der Waals surface area contributed by atoms with Crippen LogP contribution in [0.4, 0.5) is 0 Å². The third kappa shape index (κ3) is 6.44. The van der Waals surface area contributed by atoms with Crippen LogP contribution in [0.15, 0.2) is 36.4 Å². The Morgan fingerprint density at radius 3 is 1.53 bits per heavy atom. The van der Waals surface area contributed by atoms with Crippen molar-refractivity contribution in [1.82, 2.24) is 0 Å². The molecular formula is C28H39BrO. The average Bonchev–Trinajstić information content (AvgIpc) is 2.80. The van der Waals surface area contributed by atoms with Gasteiger partial charge in [-0.05, 0) is 84.7 Å². The average molecular weight is 472 g/mol. The minimum absolute atomic E-state index is 0.159. The molecule has 0 bridgehead atoms. The quantitative estimate of drug-likeness (QED) is 0.444.